The van der Waals surface area contributed by atoms with Crippen LogP contribution in [0.1, 0.15) is 27.9 Å². The van der Waals surface area contributed by atoms with Crippen LogP contribution in [0.3, 0.4) is 0 Å². The number of hydrogen-bond acceptors (Lipinski definition) is 3. The Balaban J connectivity index is 1.92. The largest absolute Gasteiger partial charge is 0.330 e. The van der Waals surface area contributed by atoms with Crippen LogP contribution in [0, 0.1) is 6.92 Å². The maximum Gasteiger partial charge on any atom is 0.254 e. The topological polar surface area (TPSA) is 54.5 Å². The molecule has 1 aliphatic rings. The zero-order chi connectivity index (χ0) is 18.0. The molecule has 1 heterocycles. The van der Waals surface area contributed by atoms with Crippen LogP contribution in [0.5, 0.6) is 0 Å². The van der Waals surface area contributed by atoms with Gasteiger partial charge in [-0.1, -0.05) is 41.9 Å². The van der Waals surface area contributed by atoms with Crippen LogP contribution in [0.4, 0.5) is 0 Å². The Labute approximate surface area is 153 Å². The van der Waals surface area contributed by atoms with E-state index >= 15 is 0 Å². The number of halogens is 1. The molecule has 1 amide bonds. The molecular weight excluding hydrogens is 358 g/mol. The fourth-order valence-corrected chi connectivity index (χ4v) is 5.00. The molecule has 1 saturated heterocycles. The molecule has 0 aliphatic carbocycles. The molecule has 1 fully saturated rings. The number of amides is 1. The van der Waals surface area contributed by atoms with Gasteiger partial charge >= 0.3 is 0 Å². The SMILES string of the molecule is Cc1ccccc1C(=O)N(Cc1ccc(Cl)cc1)[C@H]1CCS(=O)(=O)C1. The molecular formula is C19H20ClNO3S. The maximum atomic E-state index is 13.1. The monoisotopic (exact) mass is 377 g/mol. The average Bonchev–Trinajstić information content (AvgIpc) is 2.94. The van der Waals surface area contributed by atoms with Crippen molar-refractivity contribution in [1.29, 1.82) is 0 Å². The minimum Gasteiger partial charge on any atom is -0.330 e. The van der Waals surface area contributed by atoms with Crippen molar-refractivity contribution in [3.8, 4) is 0 Å². The number of nitrogens with zero attached hydrogens (tertiary/aromatic N) is 1. The van der Waals surface area contributed by atoms with Crippen LogP contribution in [0.2, 0.25) is 5.02 Å². The van der Waals surface area contributed by atoms with E-state index in [-0.39, 0.29) is 23.5 Å². The normalized spacial score (nSPS) is 18.9. The molecule has 3 rings (SSSR count). The molecule has 2 aromatic rings. The number of benzene rings is 2. The number of sulfone groups is 1. The van der Waals surface area contributed by atoms with Crippen molar-refractivity contribution in [3.63, 3.8) is 0 Å². The van der Waals surface area contributed by atoms with Gasteiger partial charge in [0.1, 0.15) is 0 Å². The van der Waals surface area contributed by atoms with Crippen LogP contribution in [0.15, 0.2) is 48.5 Å². The molecule has 1 aliphatic heterocycles. The summed E-state index contributed by atoms with van der Waals surface area (Å²) < 4.78 is 23.8. The fourth-order valence-electron chi connectivity index (χ4n) is 3.14. The zero-order valence-electron chi connectivity index (χ0n) is 14.0. The summed E-state index contributed by atoms with van der Waals surface area (Å²) in [5, 5.41) is 0.629. The molecule has 0 N–H and O–H groups in total. The van der Waals surface area contributed by atoms with Crippen molar-refractivity contribution in [3.05, 3.63) is 70.2 Å². The van der Waals surface area contributed by atoms with Gasteiger partial charge in [-0.25, -0.2) is 8.42 Å². The minimum atomic E-state index is -3.08. The highest BCUT2D eigenvalue weighted by Crippen LogP contribution is 2.24. The second-order valence-corrected chi connectivity index (χ2v) is 9.10. The lowest BCUT2D eigenvalue weighted by atomic mass is 10.1. The van der Waals surface area contributed by atoms with E-state index in [1.165, 1.54) is 0 Å². The molecule has 0 unspecified atom stereocenters. The predicted molar refractivity (Wildman–Crippen MR) is 99.6 cm³/mol. The van der Waals surface area contributed by atoms with Gasteiger partial charge in [-0.15, -0.1) is 0 Å². The summed E-state index contributed by atoms with van der Waals surface area (Å²) in [6.45, 7) is 2.25. The lowest BCUT2D eigenvalue weighted by Crippen LogP contribution is -2.40. The number of rotatable bonds is 4. The molecule has 132 valence electrons. The van der Waals surface area contributed by atoms with E-state index in [1.807, 2.05) is 37.3 Å². The van der Waals surface area contributed by atoms with E-state index in [9.17, 15) is 13.2 Å². The van der Waals surface area contributed by atoms with Crippen molar-refractivity contribution in [2.24, 2.45) is 0 Å². The van der Waals surface area contributed by atoms with Crippen LogP contribution >= 0.6 is 11.6 Å². The molecule has 0 spiro atoms. The van der Waals surface area contributed by atoms with Gasteiger partial charge in [0.25, 0.3) is 5.91 Å². The Hall–Kier alpha value is -1.85. The Morgan fingerprint density at radius 1 is 1.16 bits per heavy atom. The molecule has 0 saturated carbocycles. The lowest BCUT2D eigenvalue weighted by Gasteiger charge is -2.29. The van der Waals surface area contributed by atoms with Crippen molar-refractivity contribution in [2.45, 2.75) is 25.9 Å². The average molecular weight is 378 g/mol. The number of carbonyl (C=O) groups is 1. The highest BCUT2D eigenvalue weighted by Gasteiger charge is 2.35. The summed E-state index contributed by atoms with van der Waals surface area (Å²) in [5.74, 6) is 0.0313. The van der Waals surface area contributed by atoms with Gasteiger partial charge in [-0.05, 0) is 42.7 Å². The first kappa shape index (κ1) is 18.0. The predicted octanol–water partition coefficient (Wildman–Crippen LogP) is 3.48. The summed E-state index contributed by atoms with van der Waals surface area (Å²) >= 11 is 5.93. The van der Waals surface area contributed by atoms with E-state index in [0.29, 0.717) is 23.6 Å². The molecule has 1 atom stereocenters. The van der Waals surface area contributed by atoms with Crippen LogP contribution in [-0.4, -0.2) is 36.8 Å². The Kier molecular flexibility index (Phi) is 5.16. The van der Waals surface area contributed by atoms with Gasteiger partial charge in [0, 0.05) is 23.2 Å². The van der Waals surface area contributed by atoms with E-state index in [2.05, 4.69) is 0 Å². The molecule has 0 bridgehead atoms. The third-order valence-electron chi connectivity index (χ3n) is 4.55. The highest BCUT2D eigenvalue weighted by molar-refractivity contribution is 7.91. The van der Waals surface area contributed by atoms with Crippen molar-refractivity contribution >= 4 is 27.3 Å². The van der Waals surface area contributed by atoms with E-state index in [4.69, 9.17) is 11.6 Å². The standard InChI is InChI=1S/C19H20ClNO3S/c1-14-4-2-3-5-18(14)19(22)21(17-10-11-25(23,24)13-17)12-15-6-8-16(20)9-7-15/h2-9,17H,10-13H2,1H3/t17-/m0/s1. The van der Waals surface area contributed by atoms with Crippen LogP contribution in [0.25, 0.3) is 0 Å². The van der Waals surface area contributed by atoms with Crippen molar-refractivity contribution in [1.82, 2.24) is 4.90 Å². The maximum absolute atomic E-state index is 13.1. The smallest absolute Gasteiger partial charge is 0.254 e. The Bertz CT molecular complexity index is 878. The third kappa shape index (κ3) is 4.22. The quantitative estimate of drug-likeness (QED) is 0.819. The summed E-state index contributed by atoms with van der Waals surface area (Å²) in [5.41, 5.74) is 2.42. The van der Waals surface area contributed by atoms with Gasteiger partial charge in [-0.2, -0.15) is 0 Å². The Morgan fingerprint density at radius 2 is 1.84 bits per heavy atom. The zero-order valence-corrected chi connectivity index (χ0v) is 15.6. The van der Waals surface area contributed by atoms with E-state index < -0.39 is 9.84 Å². The first-order chi connectivity index (χ1) is 11.9. The number of aryl methyl sites for hydroxylation is 1. The van der Waals surface area contributed by atoms with Gasteiger partial charge in [0.2, 0.25) is 0 Å². The fraction of sp³-hybridized carbons (Fsp3) is 0.316. The van der Waals surface area contributed by atoms with Crippen molar-refractivity contribution in [2.75, 3.05) is 11.5 Å². The second kappa shape index (κ2) is 7.18. The van der Waals surface area contributed by atoms with E-state index in [1.54, 1.807) is 23.1 Å². The second-order valence-electron chi connectivity index (χ2n) is 6.43. The molecule has 0 radical (unpaired) electrons. The summed E-state index contributed by atoms with van der Waals surface area (Å²) in [7, 11) is -3.08. The summed E-state index contributed by atoms with van der Waals surface area (Å²) in [4.78, 5) is 14.8. The van der Waals surface area contributed by atoms with Gasteiger partial charge in [0.05, 0.1) is 11.5 Å². The van der Waals surface area contributed by atoms with Crippen LogP contribution < -0.4 is 0 Å². The molecule has 25 heavy (non-hydrogen) atoms. The third-order valence-corrected chi connectivity index (χ3v) is 6.55. The van der Waals surface area contributed by atoms with Crippen LogP contribution in [-0.2, 0) is 16.4 Å². The molecule has 2 aromatic carbocycles. The van der Waals surface area contributed by atoms with Crippen molar-refractivity contribution < 1.29 is 13.2 Å². The minimum absolute atomic E-state index is 0.0260. The molecule has 0 aromatic heterocycles. The van der Waals surface area contributed by atoms with Gasteiger partial charge in [0.15, 0.2) is 9.84 Å². The lowest BCUT2D eigenvalue weighted by molar-refractivity contribution is 0.0680. The number of carbonyl (C=O) groups excluding carboxylic acids is 1. The molecule has 4 nitrogen and oxygen atoms in total. The van der Waals surface area contributed by atoms with Gasteiger partial charge in [-0.3, -0.25) is 4.79 Å². The van der Waals surface area contributed by atoms with Gasteiger partial charge < -0.3 is 4.90 Å². The summed E-state index contributed by atoms with van der Waals surface area (Å²) in [6, 6.07) is 14.4. The highest BCUT2D eigenvalue weighted by atomic mass is 35.5. The first-order valence-corrected chi connectivity index (χ1v) is 10.4. The summed E-state index contributed by atoms with van der Waals surface area (Å²) in [6.07, 6.45) is 0.480. The molecule has 6 heteroatoms. The Morgan fingerprint density at radius 3 is 2.44 bits per heavy atom. The van der Waals surface area contributed by atoms with E-state index in [0.717, 1.165) is 11.1 Å². The first-order valence-electron chi connectivity index (χ1n) is 8.17. The number of hydrogen-bond donors (Lipinski definition) is 0.